The quantitative estimate of drug-likeness (QED) is 0.317. The predicted molar refractivity (Wildman–Crippen MR) is 131 cm³/mol. The van der Waals surface area contributed by atoms with Gasteiger partial charge in [-0.15, -0.1) is 0 Å². The molecule has 3 rings (SSSR count). The third-order valence-electron chi connectivity index (χ3n) is 5.42. The van der Waals surface area contributed by atoms with Gasteiger partial charge >= 0.3 is 5.97 Å². The summed E-state index contributed by atoms with van der Waals surface area (Å²) in [5, 5.41) is 4.16. The molecule has 0 saturated heterocycles. The molecule has 172 valence electrons. The predicted octanol–water partition coefficient (Wildman–Crippen LogP) is 4.97. The zero-order chi connectivity index (χ0) is 24.1. The van der Waals surface area contributed by atoms with E-state index in [1.165, 1.54) is 5.56 Å². The fourth-order valence-corrected chi connectivity index (χ4v) is 3.77. The van der Waals surface area contributed by atoms with Gasteiger partial charge in [-0.2, -0.15) is 5.10 Å². The molecule has 0 atom stereocenters. The molecule has 2 aromatic carbocycles. The van der Waals surface area contributed by atoms with Crippen molar-refractivity contribution in [2.45, 2.75) is 54.1 Å². The molecule has 0 aliphatic heterocycles. The molecular weight excluding hydrogens is 414 g/mol. The first kappa shape index (κ1) is 24.0. The van der Waals surface area contributed by atoms with Crippen molar-refractivity contribution in [3.8, 4) is 5.69 Å². The van der Waals surface area contributed by atoms with Crippen molar-refractivity contribution in [2.24, 2.45) is 5.10 Å². The van der Waals surface area contributed by atoms with E-state index in [9.17, 15) is 9.59 Å². The average molecular weight is 446 g/mol. The molecule has 1 aromatic heterocycles. The van der Waals surface area contributed by atoms with Crippen molar-refractivity contribution in [1.82, 2.24) is 9.99 Å². The second kappa shape index (κ2) is 10.3. The maximum atomic E-state index is 12.3. The van der Waals surface area contributed by atoms with E-state index in [2.05, 4.69) is 21.2 Å². The molecule has 0 bridgehead atoms. The van der Waals surface area contributed by atoms with E-state index < -0.39 is 0 Å². The lowest BCUT2D eigenvalue weighted by Crippen LogP contribution is -2.20. The monoisotopic (exact) mass is 445 g/mol. The van der Waals surface area contributed by atoms with Crippen LogP contribution in [0.4, 0.5) is 0 Å². The zero-order valence-electron chi connectivity index (χ0n) is 20.1. The Hall–Kier alpha value is -3.67. The number of aryl methyl sites for hydroxylation is 3. The number of nitrogens with zero attached hydrogens (tertiary/aromatic N) is 2. The smallest absolute Gasteiger partial charge is 0.338 e. The van der Waals surface area contributed by atoms with Gasteiger partial charge in [-0.1, -0.05) is 23.8 Å². The number of amides is 1. The summed E-state index contributed by atoms with van der Waals surface area (Å²) in [7, 11) is 0. The normalized spacial score (nSPS) is 11.2. The Morgan fingerprint density at radius 2 is 1.73 bits per heavy atom. The van der Waals surface area contributed by atoms with Crippen LogP contribution in [-0.2, 0) is 16.0 Å². The zero-order valence-corrected chi connectivity index (χ0v) is 20.1. The van der Waals surface area contributed by atoms with Gasteiger partial charge in [0, 0.05) is 22.6 Å². The number of carbonyl (C=O) groups is 2. The Labute approximate surface area is 195 Å². The summed E-state index contributed by atoms with van der Waals surface area (Å²) in [6, 6.07) is 15.4. The fraction of sp³-hybridized carbons (Fsp3) is 0.296. The van der Waals surface area contributed by atoms with Gasteiger partial charge in [-0.25, -0.2) is 10.2 Å². The van der Waals surface area contributed by atoms with Gasteiger partial charge in [-0.3, -0.25) is 4.79 Å². The molecule has 0 aliphatic rings. The van der Waals surface area contributed by atoms with E-state index in [4.69, 9.17) is 4.74 Å². The first-order valence-electron chi connectivity index (χ1n) is 11.0. The molecule has 0 radical (unpaired) electrons. The minimum atomic E-state index is -0.332. The first-order chi connectivity index (χ1) is 15.7. The van der Waals surface area contributed by atoms with Crippen LogP contribution in [0.15, 0.2) is 53.6 Å². The van der Waals surface area contributed by atoms with E-state index in [-0.39, 0.29) is 24.4 Å². The minimum absolute atomic E-state index is 0.157. The largest absolute Gasteiger partial charge is 0.459 e. The molecule has 6 heteroatoms. The van der Waals surface area contributed by atoms with Crippen LogP contribution < -0.4 is 5.43 Å². The molecule has 0 saturated carbocycles. The second-order valence-electron chi connectivity index (χ2n) is 8.56. The van der Waals surface area contributed by atoms with E-state index in [1.807, 2.05) is 71.9 Å². The Morgan fingerprint density at radius 1 is 1.03 bits per heavy atom. The SMILES string of the molecule is Cc1ccc(CC(=O)N/N=C\c2cc(C)n(-c3ccc(C(=O)OC(C)C)cc3)c2C)c(C)c1. The summed E-state index contributed by atoms with van der Waals surface area (Å²) >= 11 is 0. The molecular formula is C27H31N3O3. The van der Waals surface area contributed by atoms with E-state index in [1.54, 1.807) is 18.3 Å². The van der Waals surface area contributed by atoms with Gasteiger partial charge in [0.05, 0.1) is 24.3 Å². The van der Waals surface area contributed by atoms with Crippen LogP contribution >= 0.6 is 0 Å². The number of ether oxygens (including phenoxy) is 1. The topological polar surface area (TPSA) is 72.7 Å². The molecule has 1 heterocycles. The van der Waals surface area contributed by atoms with Crippen LogP contribution in [-0.4, -0.2) is 28.8 Å². The first-order valence-corrected chi connectivity index (χ1v) is 11.0. The molecule has 0 spiro atoms. The lowest BCUT2D eigenvalue weighted by molar-refractivity contribution is -0.120. The number of rotatable bonds is 7. The Bertz CT molecular complexity index is 1190. The summed E-state index contributed by atoms with van der Waals surface area (Å²) in [6.07, 6.45) is 1.79. The molecule has 3 aromatic rings. The average Bonchev–Trinajstić information content (AvgIpc) is 3.03. The van der Waals surface area contributed by atoms with Crippen LogP contribution in [0, 0.1) is 27.7 Å². The summed E-state index contributed by atoms with van der Waals surface area (Å²) in [4.78, 5) is 24.4. The van der Waals surface area contributed by atoms with Gasteiger partial charge < -0.3 is 9.30 Å². The van der Waals surface area contributed by atoms with Crippen LogP contribution in [0.1, 0.15) is 57.8 Å². The van der Waals surface area contributed by atoms with Crippen molar-refractivity contribution in [3.63, 3.8) is 0 Å². The van der Waals surface area contributed by atoms with Gasteiger partial charge in [-0.05, 0) is 83.0 Å². The van der Waals surface area contributed by atoms with Gasteiger partial charge in [0.25, 0.3) is 0 Å². The van der Waals surface area contributed by atoms with Crippen molar-refractivity contribution < 1.29 is 14.3 Å². The van der Waals surface area contributed by atoms with Crippen molar-refractivity contribution in [3.05, 3.63) is 87.7 Å². The Balaban J connectivity index is 1.69. The van der Waals surface area contributed by atoms with Gasteiger partial charge in [0.15, 0.2) is 0 Å². The number of hydrogen-bond acceptors (Lipinski definition) is 4. The standard InChI is InChI=1S/C27H31N3O3/c1-17(2)33-27(32)22-9-11-25(12-10-22)30-20(5)14-24(21(30)6)16-28-29-26(31)15-23-8-7-18(3)13-19(23)4/h7-14,16-17H,15H2,1-6H3,(H,29,31)/b28-16-. The van der Waals surface area contributed by atoms with Crippen LogP contribution in [0.25, 0.3) is 5.69 Å². The lowest BCUT2D eigenvalue weighted by atomic mass is 10.0. The molecule has 1 amide bonds. The second-order valence-corrected chi connectivity index (χ2v) is 8.56. The van der Waals surface area contributed by atoms with Crippen LogP contribution in [0.2, 0.25) is 0 Å². The van der Waals surface area contributed by atoms with Crippen LogP contribution in [0.5, 0.6) is 0 Å². The van der Waals surface area contributed by atoms with Crippen molar-refractivity contribution in [1.29, 1.82) is 0 Å². The number of aromatic nitrogens is 1. The third kappa shape index (κ3) is 5.98. The highest BCUT2D eigenvalue weighted by atomic mass is 16.5. The summed E-state index contributed by atoms with van der Waals surface area (Å²) in [6.45, 7) is 11.7. The lowest BCUT2D eigenvalue weighted by Gasteiger charge is -2.11. The highest BCUT2D eigenvalue weighted by Crippen LogP contribution is 2.20. The Morgan fingerprint density at radius 3 is 2.36 bits per heavy atom. The summed E-state index contributed by atoms with van der Waals surface area (Å²) < 4.78 is 7.33. The van der Waals surface area contributed by atoms with Gasteiger partial charge in [0.2, 0.25) is 5.91 Å². The summed E-state index contributed by atoms with van der Waals surface area (Å²) in [5.41, 5.74) is 10.3. The van der Waals surface area contributed by atoms with Crippen LogP contribution in [0.3, 0.4) is 0 Å². The van der Waals surface area contributed by atoms with E-state index in [0.29, 0.717) is 5.56 Å². The Kier molecular flexibility index (Phi) is 7.48. The molecule has 6 nitrogen and oxygen atoms in total. The minimum Gasteiger partial charge on any atom is -0.459 e. The molecule has 0 fully saturated rings. The third-order valence-corrected chi connectivity index (χ3v) is 5.42. The molecule has 33 heavy (non-hydrogen) atoms. The van der Waals surface area contributed by atoms with E-state index >= 15 is 0 Å². The molecule has 1 N–H and O–H groups in total. The number of esters is 1. The molecule has 0 unspecified atom stereocenters. The van der Waals surface area contributed by atoms with Crippen molar-refractivity contribution in [2.75, 3.05) is 0 Å². The maximum absolute atomic E-state index is 12.3. The number of nitrogens with one attached hydrogen (secondary N) is 1. The van der Waals surface area contributed by atoms with Crippen molar-refractivity contribution >= 4 is 18.1 Å². The number of hydrazone groups is 1. The highest BCUT2D eigenvalue weighted by Gasteiger charge is 2.13. The van der Waals surface area contributed by atoms with E-state index in [0.717, 1.165) is 33.8 Å². The fourth-order valence-electron chi connectivity index (χ4n) is 3.77. The number of benzene rings is 2. The number of carbonyl (C=O) groups excluding carboxylic acids is 2. The van der Waals surface area contributed by atoms with Gasteiger partial charge in [0.1, 0.15) is 0 Å². The number of hydrogen-bond donors (Lipinski definition) is 1. The highest BCUT2D eigenvalue weighted by molar-refractivity contribution is 5.90. The molecule has 0 aliphatic carbocycles. The summed E-state index contributed by atoms with van der Waals surface area (Å²) in [5.74, 6) is -0.488. The maximum Gasteiger partial charge on any atom is 0.338 e.